The third kappa shape index (κ3) is 6.31. The molecule has 2 aliphatic heterocycles. The van der Waals surface area contributed by atoms with Crippen LogP contribution in [-0.2, 0) is 33.3 Å². The van der Waals surface area contributed by atoms with Gasteiger partial charge in [0.1, 0.15) is 49.0 Å². The molecule has 19 atom stereocenters. The molecule has 7 rings (SSSR count). The van der Waals surface area contributed by atoms with Gasteiger partial charge in [0.25, 0.3) is 0 Å². The highest BCUT2D eigenvalue weighted by atomic mass is 16.8. The average molecular weight is 809 g/mol. The SMILES string of the molecule is CC1(C)CCC2(C(=O)O)CC[C@]3(C)C(=CCC4C5(C)CCC(O[C@@H]6O[C@H](C(=O)O)[C@@H](O)[C@H](O)[C@H]6O[C@@H]6O[C@H](CO)[C@H](O)[C@H](O)[C@H]6O)C(C)(C=O)C5CCC43C)C2C1. The number of aldehydes is 1. The highest BCUT2D eigenvalue weighted by Crippen LogP contribution is 2.76. The van der Waals surface area contributed by atoms with Gasteiger partial charge < -0.3 is 64.6 Å². The molecule has 0 aromatic rings. The fourth-order valence-electron chi connectivity index (χ4n) is 13.5. The summed E-state index contributed by atoms with van der Waals surface area (Å²) >= 11 is 0. The Morgan fingerprint density at radius 2 is 1.47 bits per heavy atom. The number of hydrogen-bond acceptors (Lipinski definition) is 13. The van der Waals surface area contributed by atoms with Crippen molar-refractivity contribution >= 4 is 18.2 Å². The van der Waals surface area contributed by atoms with E-state index in [4.69, 9.17) is 18.9 Å². The lowest BCUT2D eigenvalue weighted by molar-refractivity contribution is -0.373. The lowest BCUT2D eigenvalue weighted by Crippen LogP contribution is -2.67. The first-order valence-electron chi connectivity index (χ1n) is 20.8. The summed E-state index contributed by atoms with van der Waals surface area (Å²) in [6.07, 6.45) is -8.40. The Morgan fingerprint density at radius 3 is 2.11 bits per heavy atom. The lowest BCUT2D eigenvalue weighted by Gasteiger charge is -2.71. The molecule has 6 fully saturated rings. The van der Waals surface area contributed by atoms with Crippen LogP contribution in [0.2, 0.25) is 0 Å². The number of carboxylic acid groups (broad SMARTS) is 2. The van der Waals surface area contributed by atoms with E-state index in [0.717, 1.165) is 38.4 Å². The molecule has 7 aliphatic rings. The zero-order chi connectivity index (χ0) is 41.8. The number of aliphatic hydroxyl groups is 6. The van der Waals surface area contributed by atoms with Gasteiger partial charge >= 0.3 is 11.9 Å². The summed E-state index contributed by atoms with van der Waals surface area (Å²) in [5, 5.41) is 83.7. The second-order valence-electron chi connectivity index (χ2n) is 20.4. The summed E-state index contributed by atoms with van der Waals surface area (Å²) < 4.78 is 23.6. The van der Waals surface area contributed by atoms with Crippen molar-refractivity contribution in [2.24, 2.45) is 50.2 Å². The number of carboxylic acids is 2. The molecule has 15 nitrogen and oxygen atoms in total. The summed E-state index contributed by atoms with van der Waals surface area (Å²) in [5.74, 6) is -2.34. The normalized spacial score (nSPS) is 53.2. The number of rotatable bonds is 8. The Hall–Kier alpha value is -2.05. The number of fused-ring (bicyclic) bond motifs is 7. The zero-order valence-corrected chi connectivity index (χ0v) is 34.0. The van der Waals surface area contributed by atoms with Gasteiger partial charge in [-0.25, -0.2) is 4.79 Å². The fraction of sp³-hybridized carbons (Fsp3) is 0.881. The molecule has 5 aliphatic carbocycles. The monoisotopic (exact) mass is 808 g/mol. The summed E-state index contributed by atoms with van der Waals surface area (Å²) in [4.78, 5) is 38.8. The molecule has 322 valence electrons. The van der Waals surface area contributed by atoms with E-state index in [2.05, 4.69) is 40.7 Å². The number of carbonyl (C=O) groups excluding carboxylic acids is 1. The molecule has 0 radical (unpaired) electrons. The van der Waals surface area contributed by atoms with Crippen molar-refractivity contribution in [2.45, 2.75) is 173 Å². The van der Waals surface area contributed by atoms with Crippen LogP contribution >= 0.6 is 0 Å². The Labute approximate surface area is 333 Å². The molecule has 0 spiro atoms. The van der Waals surface area contributed by atoms with Gasteiger partial charge in [0.05, 0.1) is 23.5 Å². The zero-order valence-electron chi connectivity index (χ0n) is 34.0. The van der Waals surface area contributed by atoms with Crippen LogP contribution in [0.4, 0.5) is 0 Å². The molecule has 0 amide bonds. The van der Waals surface area contributed by atoms with Crippen LogP contribution in [0.3, 0.4) is 0 Å². The molecule has 0 aromatic heterocycles. The van der Waals surface area contributed by atoms with E-state index in [1.54, 1.807) is 0 Å². The summed E-state index contributed by atoms with van der Waals surface area (Å²) in [6.45, 7) is 12.6. The highest BCUT2D eigenvalue weighted by Gasteiger charge is 2.70. The van der Waals surface area contributed by atoms with Crippen molar-refractivity contribution in [2.75, 3.05) is 6.61 Å². The maximum absolute atomic E-state index is 13.5. The van der Waals surface area contributed by atoms with Gasteiger partial charge in [0, 0.05) is 0 Å². The molecule has 8 unspecified atom stereocenters. The molecule has 8 N–H and O–H groups in total. The molecule has 0 aromatic carbocycles. The Balaban J connectivity index is 1.18. The smallest absolute Gasteiger partial charge is 0.335 e. The first-order valence-corrected chi connectivity index (χ1v) is 20.8. The molecule has 57 heavy (non-hydrogen) atoms. The fourth-order valence-corrected chi connectivity index (χ4v) is 13.5. The number of aliphatic carboxylic acids is 2. The van der Waals surface area contributed by atoms with Crippen LogP contribution in [0.25, 0.3) is 0 Å². The topological polar surface area (TPSA) is 250 Å². The predicted octanol–water partition coefficient (Wildman–Crippen LogP) is 2.15. The third-order valence-electron chi connectivity index (χ3n) is 17.2. The minimum Gasteiger partial charge on any atom is -0.481 e. The Kier molecular flexibility index (Phi) is 11.0. The number of carbonyl (C=O) groups is 3. The van der Waals surface area contributed by atoms with Gasteiger partial charge in [-0.15, -0.1) is 0 Å². The van der Waals surface area contributed by atoms with Crippen LogP contribution in [-0.4, -0.2) is 133 Å². The molecule has 15 heteroatoms. The first kappa shape index (κ1) is 43.1. The Morgan fingerprint density at radius 1 is 0.789 bits per heavy atom. The van der Waals surface area contributed by atoms with Gasteiger partial charge in [-0.2, -0.15) is 0 Å². The van der Waals surface area contributed by atoms with Crippen LogP contribution in [0.5, 0.6) is 0 Å². The summed E-state index contributed by atoms with van der Waals surface area (Å²) in [6, 6.07) is 0. The van der Waals surface area contributed by atoms with Crippen molar-refractivity contribution in [3.05, 3.63) is 11.6 Å². The van der Waals surface area contributed by atoms with Gasteiger partial charge in [-0.1, -0.05) is 53.2 Å². The number of hydrogen-bond donors (Lipinski definition) is 8. The maximum Gasteiger partial charge on any atom is 0.335 e. The predicted molar refractivity (Wildman–Crippen MR) is 199 cm³/mol. The average Bonchev–Trinajstić information content (AvgIpc) is 3.15. The quantitative estimate of drug-likeness (QED) is 0.0995. The van der Waals surface area contributed by atoms with Crippen molar-refractivity contribution in [3.8, 4) is 0 Å². The molecule has 2 saturated heterocycles. The van der Waals surface area contributed by atoms with Gasteiger partial charge in [-0.05, 0) is 104 Å². The Bertz CT molecular complexity index is 1620. The molecular weight excluding hydrogens is 744 g/mol. The highest BCUT2D eigenvalue weighted by molar-refractivity contribution is 5.76. The summed E-state index contributed by atoms with van der Waals surface area (Å²) in [7, 11) is 0. The molecule has 0 bridgehead atoms. The third-order valence-corrected chi connectivity index (χ3v) is 17.2. The summed E-state index contributed by atoms with van der Waals surface area (Å²) in [5.41, 5.74) is -1.32. The number of ether oxygens (including phenoxy) is 4. The van der Waals surface area contributed by atoms with Gasteiger partial charge in [0.2, 0.25) is 0 Å². The largest absolute Gasteiger partial charge is 0.481 e. The van der Waals surface area contributed by atoms with E-state index in [9.17, 15) is 55.2 Å². The maximum atomic E-state index is 13.5. The van der Waals surface area contributed by atoms with E-state index in [1.165, 1.54) is 5.57 Å². The van der Waals surface area contributed by atoms with E-state index >= 15 is 0 Å². The van der Waals surface area contributed by atoms with Crippen molar-refractivity contribution < 1.29 is 74.2 Å². The molecule has 4 saturated carbocycles. The van der Waals surface area contributed by atoms with Gasteiger partial charge in [-0.3, -0.25) is 4.79 Å². The second-order valence-corrected chi connectivity index (χ2v) is 20.4. The van der Waals surface area contributed by atoms with Crippen molar-refractivity contribution in [3.63, 3.8) is 0 Å². The minimum absolute atomic E-state index is 0.0355. The van der Waals surface area contributed by atoms with Crippen LogP contribution in [0, 0.1) is 50.2 Å². The van der Waals surface area contributed by atoms with Crippen molar-refractivity contribution in [1.29, 1.82) is 0 Å². The van der Waals surface area contributed by atoms with E-state index in [-0.39, 0.29) is 39.4 Å². The van der Waals surface area contributed by atoms with Crippen LogP contribution < -0.4 is 0 Å². The number of allylic oxidation sites excluding steroid dienone is 2. The van der Waals surface area contributed by atoms with E-state index in [0.29, 0.717) is 32.1 Å². The van der Waals surface area contributed by atoms with Crippen LogP contribution in [0.15, 0.2) is 11.6 Å². The second kappa shape index (κ2) is 14.6. The minimum atomic E-state index is -2.01. The van der Waals surface area contributed by atoms with Gasteiger partial charge in [0.15, 0.2) is 18.7 Å². The first-order chi connectivity index (χ1) is 26.5. The van der Waals surface area contributed by atoms with E-state index < -0.39 is 96.9 Å². The number of aliphatic hydroxyl groups excluding tert-OH is 6. The van der Waals surface area contributed by atoms with Crippen LogP contribution in [0.1, 0.15) is 106 Å². The standard InChI is InChI=1S/C42H64O15/c1-37(2)13-15-42(36(52)53)16-14-40(5)20(21(42)17-37)7-8-24-38(3)11-10-25(39(4,19-44)23(38)9-12-41(24,40)6)55-35-32(29(48)28(47)31(56-35)33(50)51)57-34-30(49)27(46)26(45)22(18-43)54-34/h7,19,21-32,34-35,43,45-49H,8-18H2,1-6H3,(H,50,51)(H,52,53)/t21?,22-,23?,24?,25?,26+,27+,28+,29+,30-,31+,32-,34+,35-,38?,39?,40-,41?,42?/m1/s1. The molecular formula is C42H64O15. The molecule has 2 heterocycles. The van der Waals surface area contributed by atoms with E-state index in [1.807, 2.05) is 6.92 Å². The van der Waals surface area contributed by atoms with Crippen molar-refractivity contribution in [1.82, 2.24) is 0 Å². The lowest BCUT2D eigenvalue weighted by atomic mass is 9.33.